The van der Waals surface area contributed by atoms with Gasteiger partial charge in [-0.3, -0.25) is 4.79 Å². The van der Waals surface area contributed by atoms with Crippen LogP contribution in [0.25, 0.3) is 0 Å². The van der Waals surface area contributed by atoms with Gasteiger partial charge in [0.15, 0.2) is 6.29 Å². The average Bonchev–Trinajstić information content (AvgIpc) is 2.37. The minimum atomic E-state index is -4.54. The van der Waals surface area contributed by atoms with Crippen molar-refractivity contribution in [1.82, 2.24) is 0 Å². The third-order valence-corrected chi connectivity index (χ3v) is 3.32. The number of hydrogen-bond donors (Lipinski definition) is 0. The highest BCUT2D eigenvalue weighted by Crippen LogP contribution is 2.35. The lowest BCUT2D eigenvalue weighted by Gasteiger charge is -2.34. The molecule has 0 spiro atoms. The molecule has 0 atom stereocenters. The van der Waals surface area contributed by atoms with Gasteiger partial charge in [-0.2, -0.15) is 13.2 Å². The SMILES string of the molecule is O=Cc1cc(C(F)(F)F)ccc1N1CCC(F)(F)CC1. The van der Waals surface area contributed by atoms with Gasteiger partial charge in [0.25, 0.3) is 5.92 Å². The number of aldehydes is 1. The van der Waals surface area contributed by atoms with Gasteiger partial charge in [0.2, 0.25) is 0 Å². The van der Waals surface area contributed by atoms with E-state index in [9.17, 15) is 26.7 Å². The number of nitrogens with zero attached hydrogens (tertiary/aromatic N) is 1. The van der Waals surface area contributed by atoms with Crippen LogP contribution in [0.4, 0.5) is 27.6 Å². The molecule has 7 heteroatoms. The Morgan fingerprint density at radius 3 is 2.25 bits per heavy atom. The lowest BCUT2D eigenvalue weighted by molar-refractivity contribution is -0.137. The Hall–Kier alpha value is -1.66. The van der Waals surface area contributed by atoms with E-state index in [0.29, 0.717) is 6.29 Å². The molecule has 0 saturated carbocycles. The number of alkyl halides is 5. The molecule has 1 aromatic carbocycles. The molecule has 110 valence electrons. The maximum absolute atomic E-state index is 13.1. The van der Waals surface area contributed by atoms with Crippen LogP contribution >= 0.6 is 0 Å². The zero-order chi connectivity index (χ0) is 15.0. The Morgan fingerprint density at radius 2 is 1.75 bits per heavy atom. The second-order valence-electron chi connectivity index (χ2n) is 4.73. The summed E-state index contributed by atoms with van der Waals surface area (Å²) >= 11 is 0. The van der Waals surface area contributed by atoms with E-state index in [1.54, 1.807) is 0 Å². The summed E-state index contributed by atoms with van der Waals surface area (Å²) < 4.78 is 63.8. The first-order valence-corrected chi connectivity index (χ1v) is 6.02. The van der Waals surface area contributed by atoms with Crippen LogP contribution in [-0.2, 0) is 6.18 Å². The van der Waals surface area contributed by atoms with Gasteiger partial charge in [0.1, 0.15) is 0 Å². The molecule has 1 heterocycles. The van der Waals surface area contributed by atoms with Crippen molar-refractivity contribution in [3.63, 3.8) is 0 Å². The Morgan fingerprint density at radius 1 is 1.15 bits per heavy atom. The molecule has 20 heavy (non-hydrogen) atoms. The van der Waals surface area contributed by atoms with E-state index in [2.05, 4.69) is 0 Å². The summed E-state index contributed by atoms with van der Waals surface area (Å²) in [6, 6.07) is 2.76. The first-order valence-electron chi connectivity index (χ1n) is 6.02. The number of carbonyl (C=O) groups is 1. The van der Waals surface area contributed by atoms with Crippen molar-refractivity contribution in [1.29, 1.82) is 0 Å². The Kier molecular flexibility index (Phi) is 3.71. The molecule has 0 aliphatic carbocycles. The lowest BCUT2D eigenvalue weighted by atomic mass is 10.0. The monoisotopic (exact) mass is 293 g/mol. The topological polar surface area (TPSA) is 20.3 Å². The van der Waals surface area contributed by atoms with Crippen LogP contribution in [0.3, 0.4) is 0 Å². The fourth-order valence-corrected chi connectivity index (χ4v) is 2.19. The molecule has 1 aliphatic rings. The highest BCUT2D eigenvalue weighted by atomic mass is 19.4. The summed E-state index contributed by atoms with van der Waals surface area (Å²) in [5, 5.41) is 0. The number of halogens is 5. The molecule has 0 amide bonds. The van der Waals surface area contributed by atoms with Crippen LogP contribution in [-0.4, -0.2) is 25.3 Å². The Labute approximate surface area is 112 Å². The number of anilines is 1. The van der Waals surface area contributed by atoms with Crippen molar-refractivity contribution in [3.05, 3.63) is 29.3 Å². The third-order valence-electron chi connectivity index (χ3n) is 3.32. The largest absolute Gasteiger partial charge is 0.416 e. The number of carbonyl (C=O) groups excluding carboxylic acids is 1. The number of benzene rings is 1. The molecule has 1 aliphatic heterocycles. The van der Waals surface area contributed by atoms with E-state index in [-0.39, 0.29) is 37.2 Å². The van der Waals surface area contributed by atoms with E-state index in [0.717, 1.165) is 18.2 Å². The van der Waals surface area contributed by atoms with Crippen molar-refractivity contribution in [2.45, 2.75) is 24.9 Å². The van der Waals surface area contributed by atoms with E-state index < -0.39 is 17.7 Å². The number of hydrogen-bond acceptors (Lipinski definition) is 2. The van der Waals surface area contributed by atoms with Gasteiger partial charge in [0, 0.05) is 37.2 Å². The Bertz CT molecular complexity index is 502. The van der Waals surface area contributed by atoms with Crippen LogP contribution in [0.5, 0.6) is 0 Å². The van der Waals surface area contributed by atoms with E-state index in [1.165, 1.54) is 4.90 Å². The average molecular weight is 293 g/mol. The van der Waals surface area contributed by atoms with Crippen LogP contribution in [0.1, 0.15) is 28.8 Å². The van der Waals surface area contributed by atoms with Crippen LogP contribution in [0.15, 0.2) is 18.2 Å². The van der Waals surface area contributed by atoms with Crippen LogP contribution < -0.4 is 4.90 Å². The van der Waals surface area contributed by atoms with Crippen LogP contribution in [0, 0.1) is 0 Å². The normalized spacial score (nSPS) is 18.9. The Balaban J connectivity index is 2.27. The maximum Gasteiger partial charge on any atom is 0.416 e. The highest BCUT2D eigenvalue weighted by Gasteiger charge is 2.35. The zero-order valence-electron chi connectivity index (χ0n) is 10.4. The van der Waals surface area contributed by atoms with E-state index >= 15 is 0 Å². The lowest BCUT2D eigenvalue weighted by Crippen LogP contribution is -2.39. The predicted octanol–water partition coefficient (Wildman–Crippen LogP) is 3.75. The molecule has 0 N–H and O–H groups in total. The predicted molar refractivity (Wildman–Crippen MR) is 63.2 cm³/mol. The van der Waals surface area contributed by atoms with Crippen molar-refractivity contribution < 1.29 is 26.7 Å². The van der Waals surface area contributed by atoms with E-state index in [1.807, 2.05) is 0 Å². The van der Waals surface area contributed by atoms with Crippen molar-refractivity contribution in [2.75, 3.05) is 18.0 Å². The summed E-state index contributed by atoms with van der Waals surface area (Å²) in [6.45, 7) is 0.0262. The minimum Gasteiger partial charge on any atom is -0.371 e. The fraction of sp³-hybridized carbons (Fsp3) is 0.462. The van der Waals surface area contributed by atoms with Gasteiger partial charge in [-0.25, -0.2) is 8.78 Å². The number of rotatable bonds is 2. The molecule has 0 bridgehead atoms. The molecule has 1 fully saturated rings. The van der Waals surface area contributed by atoms with Crippen LogP contribution in [0.2, 0.25) is 0 Å². The first-order chi connectivity index (χ1) is 9.23. The van der Waals surface area contributed by atoms with Gasteiger partial charge in [-0.05, 0) is 18.2 Å². The maximum atomic E-state index is 13.1. The van der Waals surface area contributed by atoms with Gasteiger partial charge < -0.3 is 4.90 Å². The molecule has 0 radical (unpaired) electrons. The molecule has 2 nitrogen and oxygen atoms in total. The molecule has 0 aromatic heterocycles. The first kappa shape index (κ1) is 14.7. The molecule has 2 rings (SSSR count). The summed E-state index contributed by atoms with van der Waals surface area (Å²) in [5.74, 6) is -2.75. The van der Waals surface area contributed by atoms with E-state index in [4.69, 9.17) is 0 Å². The van der Waals surface area contributed by atoms with Crippen molar-refractivity contribution >= 4 is 12.0 Å². The van der Waals surface area contributed by atoms with Gasteiger partial charge >= 0.3 is 6.18 Å². The second kappa shape index (κ2) is 5.03. The summed E-state index contributed by atoms with van der Waals surface area (Å²) in [5.41, 5.74) is -0.792. The van der Waals surface area contributed by atoms with Crippen molar-refractivity contribution in [2.24, 2.45) is 0 Å². The summed E-state index contributed by atoms with van der Waals surface area (Å²) in [4.78, 5) is 12.4. The zero-order valence-corrected chi connectivity index (χ0v) is 10.4. The third kappa shape index (κ3) is 3.08. The van der Waals surface area contributed by atoms with Gasteiger partial charge in [-0.1, -0.05) is 0 Å². The van der Waals surface area contributed by atoms with Gasteiger partial charge in [-0.15, -0.1) is 0 Å². The second-order valence-corrected chi connectivity index (χ2v) is 4.73. The fourth-order valence-electron chi connectivity index (χ4n) is 2.19. The highest BCUT2D eigenvalue weighted by molar-refractivity contribution is 5.85. The number of piperidine rings is 1. The molecular formula is C13H12F5NO. The quantitative estimate of drug-likeness (QED) is 0.611. The summed E-state index contributed by atoms with van der Waals surface area (Å²) in [7, 11) is 0. The van der Waals surface area contributed by atoms with Gasteiger partial charge in [0.05, 0.1) is 5.56 Å². The summed E-state index contributed by atoms with van der Waals surface area (Å²) in [6.07, 6.45) is -4.96. The molecule has 0 unspecified atom stereocenters. The molecular weight excluding hydrogens is 281 g/mol. The minimum absolute atomic E-state index is 0.0131. The standard InChI is InChI=1S/C13H12F5NO/c14-12(15)3-5-19(6-4-12)11-2-1-10(13(16,17)18)7-9(11)8-20/h1-2,7-8H,3-6H2. The smallest absolute Gasteiger partial charge is 0.371 e. The van der Waals surface area contributed by atoms with Crippen molar-refractivity contribution in [3.8, 4) is 0 Å². The molecule has 1 aromatic rings. The molecule has 1 saturated heterocycles.